The van der Waals surface area contributed by atoms with E-state index in [1.54, 1.807) is 0 Å². The van der Waals surface area contributed by atoms with Gasteiger partial charge in [0.1, 0.15) is 9.84 Å². The largest absolute Gasteiger partial charge is 0.481 e. The molecule has 7 heteroatoms. The van der Waals surface area contributed by atoms with Crippen LogP contribution in [0.3, 0.4) is 0 Å². The van der Waals surface area contributed by atoms with Crippen LogP contribution in [0.15, 0.2) is 0 Å². The molecule has 0 radical (unpaired) electrons. The first-order valence-corrected chi connectivity index (χ1v) is 8.46. The minimum atomic E-state index is -3.05. The van der Waals surface area contributed by atoms with Gasteiger partial charge in [0.2, 0.25) is 5.91 Å². The molecule has 108 valence electrons. The molecule has 2 rings (SSSR count). The standard InChI is InChI=1S/C12H19NO5S/c1-19(17,18)8-3-2-7(6-8)13-11(14)9-4-5-10(9)12(15)16/h7-10H,2-6H2,1H3,(H,13,14)(H,15,16)/t7?,8?,9-,10+/m1/s1. The molecular weight excluding hydrogens is 270 g/mol. The number of carboxylic acid groups (broad SMARTS) is 1. The average Bonchev–Trinajstić information content (AvgIpc) is 2.62. The highest BCUT2D eigenvalue weighted by atomic mass is 32.2. The minimum Gasteiger partial charge on any atom is -0.481 e. The molecule has 2 aliphatic carbocycles. The van der Waals surface area contributed by atoms with E-state index in [9.17, 15) is 18.0 Å². The summed E-state index contributed by atoms with van der Waals surface area (Å²) in [4.78, 5) is 22.8. The van der Waals surface area contributed by atoms with Gasteiger partial charge in [-0.05, 0) is 32.1 Å². The Morgan fingerprint density at radius 3 is 2.16 bits per heavy atom. The monoisotopic (exact) mass is 289 g/mol. The molecule has 19 heavy (non-hydrogen) atoms. The van der Waals surface area contributed by atoms with Crippen molar-refractivity contribution < 1.29 is 23.1 Å². The maximum atomic E-state index is 11.9. The number of sulfone groups is 1. The van der Waals surface area contributed by atoms with Crippen LogP contribution < -0.4 is 5.32 Å². The Kier molecular flexibility index (Phi) is 3.85. The number of carbonyl (C=O) groups is 2. The number of carbonyl (C=O) groups excluding carboxylic acids is 1. The van der Waals surface area contributed by atoms with Crippen molar-refractivity contribution in [3.63, 3.8) is 0 Å². The number of hydrogen-bond acceptors (Lipinski definition) is 4. The van der Waals surface area contributed by atoms with Crippen LogP contribution in [-0.4, -0.2) is 42.9 Å². The van der Waals surface area contributed by atoms with E-state index in [0.29, 0.717) is 32.1 Å². The average molecular weight is 289 g/mol. The van der Waals surface area contributed by atoms with Crippen LogP contribution in [0.1, 0.15) is 32.1 Å². The van der Waals surface area contributed by atoms with E-state index in [4.69, 9.17) is 5.11 Å². The first kappa shape index (κ1) is 14.3. The topological polar surface area (TPSA) is 101 Å². The molecule has 0 spiro atoms. The molecule has 0 aromatic heterocycles. The third-order valence-electron chi connectivity index (χ3n) is 4.26. The van der Waals surface area contributed by atoms with Crippen molar-refractivity contribution in [3.05, 3.63) is 0 Å². The number of rotatable bonds is 4. The first-order valence-electron chi connectivity index (χ1n) is 6.51. The normalized spacial score (nSPS) is 34.6. The van der Waals surface area contributed by atoms with Gasteiger partial charge in [-0.2, -0.15) is 0 Å². The lowest BCUT2D eigenvalue weighted by atomic mass is 9.73. The third kappa shape index (κ3) is 3.08. The quantitative estimate of drug-likeness (QED) is 0.769. The Labute approximate surface area is 112 Å². The van der Waals surface area contributed by atoms with E-state index in [1.807, 2.05) is 0 Å². The van der Waals surface area contributed by atoms with Crippen LogP contribution in [0.25, 0.3) is 0 Å². The Bertz CT molecular complexity index is 486. The molecule has 2 fully saturated rings. The van der Waals surface area contributed by atoms with E-state index in [1.165, 1.54) is 6.26 Å². The van der Waals surface area contributed by atoms with Crippen molar-refractivity contribution in [2.24, 2.45) is 11.8 Å². The SMILES string of the molecule is CS(=O)(=O)C1CCC(NC(=O)[C@@H]2CC[C@@H]2C(=O)O)C1. The number of amides is 1. The van der Waals surface area contributed by atoms with E-state index in [-0.39, 0.29) is 17.2 Å². The van der Waals surface area contributed by atoms with Gasteiger partial charge in [0.05, 0.1) is 17.1 Å². The predicted octanol–water partition coefficient (Wildman–Crippen LogP) is 0.179. The zero-order valence-electron chi connectivity index (χ0n) is 10.8. The van der Waals surface area contributed by atoms with Crippen LogP contribution in [0.4, 0.5) is 0 Å². The lowest BCUT2D eigenvalue weighted by Gasteiger charge is -2.32. The smallest absolute Gasteiger partial charge is 0.307 e. The number of hydrogen-bond donors (Lipinski definition) is 2. The van der Waals surface area contributed by atoms with Gasteiger partial charge in [0.15, 0.2) is 0 Å². The zero-order valence-corrected chi connectivity index (χ0v) is 11.6. The lowest BCUT2D eigenvalue weighted by molar-refractivity contribution is -0.152. The van der Waals surface area contributed by atoms with E-state index >= 15 is 0 Å². The van der Waals surface area contributed by atoms with Gasteiger partial charge in [-0.3, -0.25) is 9.59 Å². The van der Waals surface area contributed by atoms with Gasteiger partial charge in [-0.1, -0.05) is 0 Å². The van der Waals surface area contributed by atoms with Gasteiger partial charge in [-0.25, -0.2) is 8.42 Å². The first-order chi connectivity index (χ1) is 8.79. The summed E-state index contributed by atoms with van der Waals surface area (Å²) < 4.78 is 22.8. The van der Waals surface area contributed by atoms with E-state index in [2.05, 4.69) is 5.32 Å². The molecule has 4 atom stereocenters. The van der Waals surface area contributed by atoms with Gasteiger partial charge in [-0.15, -0.1) is 0 Å². The number of aliphatic carboxylic acids is 1. The summed E-state index contributed by atoms with van der Waals surface area (Å²) in [7, 11) is -3.05. The van der Waals surface area contributed by atoms with Crippen molar-refractivity contribution in [1.82, 2.24) is 5.32 Å². The Balaban J connectivity index is 1.86. The maximum absolute atomic E-state index is 11.9. The highest BCUT2D eigenvalue weighted by Gasteiger charge is 2.42. The van der Waals surface area contributed by atoms with Crippen LogP contribution in [-0.2, 0) is 19.4 Å². The molecule has 2 N–H and O–H groups in total. The van der Waals surface area contributed by atoms with Crippen molar-refractivity contribution in [2.75, 3.05) is 6.26 Å². The summed E-state index contributed by atoms with van der Waals surface area (Å²) >= 11 is 0. The minimum absolute atomic E-state index is 0.137. The molecule has 0 aliphatic heterocycles. The third-order valence-corrected chi connectivity index (χ3v) is 5.90. The van der Waals surface area contributed by atoms with Gasteiger partial charge >= 0.3 is 5.97 Å². The molecule has 0 saturated heterocycles. The van der Waals surface area contributed by atoms with Gasteiger partial charge in [0.25, 0.3) is 0 Å². The molecular formula is C12H19NO5S. The predicted molar refractivity (Wildman–Crippen MR) is 68.3 cm³/mol. The van der Waals surface area contributed by atoms with Crippen LogP contribution in [0.2, 0.25) is 0 Å². The van der Waals surface area contributed by atoms with Crippen LogP contribution in [0.5, 0.6) is 0 Å². The highest BCUT2D eigenvalue weighted by molar-refractivity contribution is 7.91. The van der Waals surface area contributed by atoms with Crippen LogP contribution in [0, 0.1) is 11.8 Å². The summed E-state index contributed by atoms with van der Waals surface area (Å²) in [5.41, 5.74) is 0. The van der Waals surface area contributed by atoms with Crippen molar-refractivity contribution in [2.45, 2.75) is 43.4 Å². The Hall–Kier alpha value is -1.11. The fraction of sp³-hybridized carbons (Fsp3) is 0.833. The van der Waals surface area contributed by atoms with E-state index in [0.717, 1.165) is 0 Å². The highest BCUT2D eigenvalue weighted by Crippen LogP contribution is 2.35. The van der Waals surface area contributed by atoms with Crippen molar-refractivity contribution in [3.8, 4) is 0 Å². The fourth-order valence-corrected chi connectivity index (χ4v) is 4.02. The summed E-state index contributed by atoms with van der Waals surface area (Å²) in [6.45, 7) is 0. The lowest BCUT2D eigenvalue weighted by Crippen LogP contribution is -2.46. The zero-order chi connectivity index (χ0) is 14.2. The second kappa shape index (κ2) is 5.11. The maximum Gasteiger partial charge on any atom is 0.307 e. The molecule has 6 nitrogen and oxygen atoms in total. The summed E-state index contributed by atoms with van der Waals surface area (Å²) in [5.74, 6) is -2.19. The van der Waals surface area contributed by atoms with Gasteiger partial charge in [0, 0.05) is 12.3 Å². The Morgan fingerprint density at radius 1 is 1.11 bits per heavy atom. The molecule has 1 amide bonds. The van der Waals surface area contributed by atoms with Crippen molar-refractivity contribution >= 4 is 21.7 Å². The number of carboxylic acids is 1. The van der Waals surface area contributed by atoms with Crippen molar-refractivity contribution in [1.29, 1.82) is 0 Å². The summed E-state index contributed by atoms with van der Waals surface area (Å²) in [6.07, 6.45) is 4.02. The second-order valence-electron chi connectivity index (χ2n) is 5.60. The molecule has 2 saturated carbocycles. The molecule has 0 aromatic carbocycles. The molecule has 0 aromatic rings. The van der Waals surface area contributed by atoms with E-state index < -0.39 is 27.6 Å². The van der Waals surface area contributed by atoms with Crippen LogP contribution >= 0.6 is 0 Å². The molecule has 2 unspecified atom stereocenters. The molecule has 2 aliphatic rings. The number of nitrogens with one attached hydrogen (secondary N) is 1. The molecule has 0 heterocycles. The summed E-state index contributed by atoms with van der Waals surface area (Å²) in [5, 5.41) is 11.3. The second-order valence-corrected chi connectivity index (χ2v) is 7.92. The Morgan fingerprint density at radius 2 is 1.74 bits per heavy atom. The van der Waals surface area contributed by atoms with Gasteiger partial charge < -0.3 is 10.4 Å². The summed E-state index contributed by atoms with van der Waals surface area (Å²) in [6, 6.07) is -0.137. The molecule has 0 bridgehead atoms. The fourth-order valence-electron chi connectivity index (χ4n) is 2.88.